The lowest BCUT2D eigenvalue weighted by Crippen LogP contribution is -2.49. The number of para-hydroxylation sites is 1. The first-order valence-electron chi connectivity index (χ1n) is 8.01. The molecule has 1 amide bonds. The fourth-order valence-electron chi connectivity index (χ4n) is 2.89. The second-order valence-electron chi connectivity index (χ2n) is 5.73. The first-order chi connectivity index (χ1) is 11.7. The summed E-state index contributed by atoms with van der Waals surface area (Å²) in [6.45, 7) is 2.57. The molecule has 25 heavy (non-hydrogen) atoms. The Hall–Kier alpha value is -1.57. The summed E-state index contributed by atoms with van der Waals surface area (Å²) in [6.07, 6.45) is 4.02. The number of hydrogen-bond acceptors (Lipinski definition) is 4. The zero-order chi connectivity index (χ0) is 16.9. The maximum absolute atomic E-state index is 12.7. The van der Waals surface area contributed by atoms with Gasteiger partial charge in [0.2, 0.25) is 5.91 Å². The Kier molecular flexibility index (Phi) is 7.28. The topological polar surface area (TPSA) is 59.4 Å². The Morgan fingerprint density at radius 3 is 2.96 bits per heavy atom. The van der Waals surface area contributed by atoms with E-state index in [1.807, 2.05) is 47.0 Å². The van der Waals surface area contributed by atoms with Crippen LogP contribution in [-0.4, -0.2) is 46.6 Å². The van der Waals surface area contributed by atoms with Gasteiger partial charge in [0.05, 0.1) is 17.5 Å². The van der Waals surface area contributed by atoms with Crippen LogP contribution in [0.5, 0.6) is 5.75 Å². The quantitative estimate of drug-likeness (QED) is 0.793. The number of aromatic nitrogens is 2. The highest BCUT2D eigenvalue weighted by atomic mass is 79.9. The summed E-state index contributed by atoms with van der Waals surface area (Å²) in [5.74, 6) is 1.75. The van der Waals surface area contributed by atoms with Crippen molar-refractivity contribution in [3.05, 3.63) is 47.0 Å². The minimum atomic E-state index is -0.0327. The third-order valence-corrected chi connectivity index (χ3v) is 4.79. The molecule has 0 saturated carbocycles. The van der Waals surface area contributed by atoms with E-state index in [1.54, 1.807) is 6.20 Å². The van der Waals surface area contributed by atoms with Gasteiger partial charge in [-0.1, -0.05) is 12.1 Å². The van der Waals surface area contributed by atoms with Gasteiger partial charge in [0, 0.05) is 39.1 Å². The summed E-state index contributed by atoms with van der Waals surface area (Å²) >= 11 is 3.44. The fourth-order valence-corrected chi connectivity index (χ4v) is 3.28. The largest absolute Gasteiger partial charge is 0.492 e. The van der Waals surface area contributed by atoms with Crippen LogP contribution in [0, 0.1) is 0 Å². The maximum Gasteiger partial charge on any atom is 0.226 e. The van der Waals surface area contributed by atoms with Crippen LogP contribution in [0.15, 0.2) is 41.1 Å². The van der Waals surface area contributed by atoms with E-state index >= 15 is 0 Å². The lowest BCUT2D eigenvalue weighted by atomic mass is 10.1. The molecule has 3 rings (SSSR count). The second kappa shape index (κ2) is 9.22. The van der Waals surface area contributed by atoms with E-state index in [4.69, 9.17) is 4.74 Å². The molecule has 1 unspecified atom stereocenters. The van der Waals surface area contributed by atoms with Gasteiger partial charge in [0.25, 0.3) is 0 Å². The van der Waals surface area contributed by atoms with Crippen molar-refractivity contribution in [3.8, 4) is 5.75 Å². The number of imidazole rings is 1. The number of amides is 1. The van der Waals surface area contributed by atoms with Gasteiger partial charge in [-0.05, 0) is 28.1 Å². The number of carbonyl (C=O) groups is 1. The zero-order valence-corrected chi connectivity index (χ0v) is 16.4. The van der Waals surface area contributed by atoms with E-state index in [0.29, 0.717) is 19.6 Å². The number of halogens is 2. The molecular weight excluding hydrogens is 408 g/mol. The molecule has 0 radical (unpaired) electrons. The van der Waals surface area contributed by atoms with E-state index in [0.717, 1.165) is 29.1 Å². The molecule has 6 nitrogen and oxygen atoms in total. The highest BCUT2D eigenvalue weighted by molar-refractivity contribution is 9.10. The van der Waals surface area contributed by atoms with Crippen molar-refractivity contribution in [2.45, 2.75) is 12.5 Å². The smallest absolute Gasteiger partial charge is 0.226 e. The third-order valence-electron chi connectivity index (χ3n) is 4.13. The molecule has 1 fully saturated rings. The molecule has 1 aromatic carbocycles. The van der Waals surface area contributed by atoms with Crippen LogP contribution in [0.4, 0.5) is 0 Å². The van der Waals surface area contributed by atoms with Crippen molar-refractivity contribution in [3.63, 3.8) is 0 Å². The number of benzene rings is 1. The monoisotopic (exact) mass is 428 g/mol. The summed E-state index contributed by atoms with van der Waals surface area (Å²) < 4.78 is 8.58. The summed E-state index contributed by atoms with van der Waals surface area (Å²) in [4.78, 5) is 19.0. The predicted molar refractivity (Wildman–Crippen MR) is 102 cm³/mol. The molecule has 2 heterocycles. The van der Waals surface area contributed by atoms with Crippen LogP contribution < -0.4 is 10.1 Å². The number of rotatable bonds is 5. The van der Waals surface area contributed by atoms with Gasteiger partial charge in [-0.15, -0.1) is 12.4 Å². The predicted octanol–water partition coefficient (Wildman–Crippen LogP) is 2.55. The molecule has 1 aliphatic heterocycles. The Labute approximate surface area is 162 Å². The van der Waals surface area contributed by atoms with Crippen molar-refractivity contribution in [1.29, 1.82) is 0 Å². The molecule has 1 N–H and O–H groups in total. The first-order valence-corrected chi connectivity index (χ1v) is 8.81. The molecule has 0 aliphatic carbocycles. The van der Waals surface area contributed by atoms with Crippen LogP contribution in [0.3, 0.4) is 0 Å². The molecule has 1 saturated heterocycles. The maximum atomic E-state index is 12.7. The number of nitrogens with zero attached hydrogens (tertiary/aromatic N) is 3. The molecule has 1 aromatic heterocycles. The van der Waals surface area contributed by atoms with E-state index in [-0.39, 0.29) is 24.4 Å². The average molecular weight is 430 g/mol. The van der Waals surface area contributed by atoms with Crippen LogP contribution in [0.2, 0.25) is 0 Å². The van der Waals surface area contributed by atoms with Crippen molar-refractivity contribution in [1.82, 2.24) is 19.8 Å². The Morgan fingerprint density at radius 1 is 1.44 bits per heavy atom. The highest BCUT2D eigenvalue weighted by Crippen LogP contribution is 2.24. The fraction of sp³-hybridized carbons (Fsp3) is 0.412. The summed E-state index contributed by atoms with van der Waals surface area (Å²) in [5.41, 5.74) is 0. The van der Waals surface area contributed by atoms with Gasteiger partial charge in [-0.25, -0.2) is 4.98 Å². The molecule has 1 aliphatic rings. The van der Waals surface area contributed by atoms with Crippen LogP contribution in [-0.2, 0) is 11.8 Å². The van der Waals surface area contributed by atoms with Gasteiger partial charge in [-0.3, -0.25) is 4.79 Å². The Bertz CT molecular complexity index is 709. The van der Waals surface area contributed by atoms with Gasteiger partial charge in [0.1, 0.15) is 17.6 Å². The number of hydrogen-bond donors (Lipinski definition) is 1. The van der Waals surface area contributed by atoms with Crippen molar-refractivity contribution < 1.29 is 9.53 Å². The number of nitrogens with one attached hydrogen (secondary N) is 1. The lowest BCUT2D eigenvalue weighted by Gasteiger charge is -2.35. The summed E-state index contributed by atoms with van der Waals surface area (Å²) in [6, 6.07) is 7.62. The number of piperazine rings is 1. The van der Waals surface area contributed by atoms with Crippen LogP contribution in [0.1, 0.15) is 18.3 Å². The molecule has 0 spiro atoms. The minimum Gasteiger partial charge on any atom is -0.492 e. The standard InChI is InChI=1S/C17H21BrN4O2.ClH/c1-21-9-8-20-17(21)14-12-19-7-10-22(14)16(23)6-11-24-15-5-3-2-4-13(15)18;/h2-5,8-9,14,19H,6-7,10-12H2,1H3;1H. The lowest BCUT2D eigenvalue weighted by molar-refractivity contribution is -0.135. The second-order valence-corrected chi connectivity index (χ2v) is 6.59. The highest BCUT2D eigenvalue weighted by Gasteiger charge is 2.30. The van der Waals surface area contributed by atoms with Gasteiger partial charge >= 0.3 is 0 Å². The summed E-state index contributed by atoms with van der Waals surface area (Å²) in [5, 5.41) is 3.34. The molecule has 1 atom stereocenters. The molecule has 0 bridgehead atoms. The van der Waals surface area contributed by atoms with E-state index < -0.39 is 0 Å². The van der Waals surface area contributed by atoms with Crippen LogP contribution in [0.25, 0.3) is 0 Å². The van der Waals surface area contributed by atoms with Crippen LogP contribution >= 0.6 is 28.3 Å². The normalized spacial score (nSPS) is 17.0. The SMILES string of the molecule is Cl.Cn1ccnc1C1CNCCN1C(=O)CCOc1ccccc1Br. The van der Waals surface area contributed by atoms with Crippen molar-refractivity contribution >= 4 is 34.2 Å². The number of ether oxygens (including phenoxy) is 1. The van der Waals surface area contributed by atoms with Gasteiger partial charge in [0.15, 0.2) is 0 Å². The zero-order valence-electron chi connectivity index (χ0n) is 14.0. The molecule has 2 aromatic rings. The van der Waals surface area contributed by atoms with E-state index in [9.17, 15) is 4.79 Å². The van der Waals surface area contributed by atoms with Gasteiger partial charge < -0.3 is 19.5 Å². The minimum absolute atomic E-state index is 0. The van der Waals surface area contributed by atoms with Gasteiger partial charge in [-0.2, -0.15) is 0 Å². The van der Waals surface area contributed by atoms with Crippen molar-refractivity contribution in [2.24, 2.45) is 7.05 Å². The number of carbonyl (C=O) groups excluding carboxylic acids is 1. The Balaban J connectivity index is 0.00000225. The molecule has 8 heteroatoms. The van der Waals surface area contributed by atoms with E-state index in [1.165, 1.54) is 0 Å². The number of aryl methyl sites for hydroxylation is 1. The molecular formula is C17H22BrClN4O2. The molecule has 136 valence electrons. The summed E-state index contributed by atoms with van der Waals surface area (Å²) in [7, 11) is 1.95. The first kappa shape index (κ1) is 19.8. The van der Waals surface area contributed by atoms with Crippen molar-refractivity contribution in [2.75, 3.05) is 26.2 Å². The third kappa shape index (κ3) is 4.74. The van der Waals surface area contributed by atoms with E-state index in [2.05, 4.69) is 26.2 Å². The Morgan fingerprint density at radius 2 is 2.24 bits per heavy atom. The average Bonchev–Trinajstić information content (AvgIpc) is 3.02.